The first-order valence-corrected chi connectivity index (χ1v) is 7.41. The molecule has 1 aliphatic heterocycles. The van der Waals surface area contributed by atoms with E-state index < -0.39 is 0 Å². The summed E-state index contributed by atoms with van der Waals surface area (Å²) in [6.45, 7) is 6.76. The Balaban J connectivity index is 1.50. The second kappa shape index (κ2) is 6.22. The lowest BCUT2D eigenvalue weighted by Crippen LogP contribution is -2.43. The van der Waals surface area contributed by atoms with Gasteiger partial charge in [-0.2, -0.15) is 0 Å². The zero-order valence-electron chi connectivity index (χ0n) is 12.5. The number of hydrogen-bond donors (Lipinski definition) is 1. The fourth-order valence-corrected chi connectivity index (χ4v) is 2.74. The minimum absolute atomic E-state index is 0.527. The Morgan fingerprint density at radius 2 is 1.95 bits per heavy atom. The van der Waals surface area contributed by atoms with Gasteiger partial charge >= 0.3 is 0 Å². The molecule has 112 valence electrons. The molecule has 3 rings (SSSR count). The summed E-state index contributed by atoms with van der Waals surface area (Å²) < 4.78 is 5.20. The van der Waals surface area contributed by atoms with Crippen molar-refractivity contribution in [2.45, 2.75) is 39.3 Å². The lowest BCUT2D eigenvalue weighted by molar-refractivity contribution is 0.388. The Morgan fingerprint density at radius 3 is 2.57 bits per heavy atom. The Labute approximate surface area is 124 Å². The van der Waals surface area contributed by atoms with Gasteiger partial charge in [-0.25, -0.2) is 9.97 Å². The van der Waals surface area contributed by atoms with Gasteiger partial charge in [0, 0.05) is 43.6 Å². The van der Waals surface area contributed by atoms with Crippen LogP contribution in [0, 0.1) is 13.8 Å². The van der Waals surface area contributed by atoms with Crippen molar-refractivity contribution >= 4 is 5.95 Å². The highest BCUT2D eigenvalue weighted by molar-refractivity contribution is 5.29. The molecule has 3 heterocycles. The van der Waals surface area contributed by atoms with Crippen LogP contribution in [0.4, 0.5) is 5.95 Å². The molecule has 0 aromatic carbocycles. The number of anilines is 1. The summed E-state index contributed by atoms with van der Waals surface area (Å²) >= 11 is 0. The molecule has 0 aliphatic carbocycles. The lowest BCUT2D eigenvalue weighted by Gasteiger charge is -2.32. The number of rotatable bonds is 4. The minimum Gasteiger partial charge on any atom is -0.361 e. The molecule has 2 aromatic rings. The third-order valence-electron chi connectivity index (χ3n) is 4.08. The molecule has 0 amide bonds. The van der Waals surface area contributed by atoms with Gasteiger partial charge in [-0.1, -0.05) is 5.16 Å². The van der Waals surface area contributed by atoms with E-state index in [1.807, 2.05) is 19.9 Å². The van der Waals surface area contributed by atoms with Crippen LogP contribution in [-0.4, -0.2) is 34.3 Å². The smallest absolute Gasteiger partial charge is 0.225 e. The van der Waals surface area contributed by atoms with Crippen molar-refractivity contribution in [2.75, 3.05) is 18.0 Å². The third kappa shape index (κ3) is 3.21. The van der Waals surface area contributed by atoms with Crippen molar-refractivity contribution < 1.29 is 4.52 Å². The zero-order chi connectivity index (χ0) is 14.7. The van der Waals surface area contributed by atoms with E-state index in [0.29, 0.717) is 6.04 Å². The van der Waals surface area contributed by atoms with Crippen LogP contribution in [0.1, 0.15) is 29.9 Å². The Hall–Kier alpha value is -1.95. The molecule has 0 spiro atoms. The molecular weight excluding hydrogens is 266 g/mol. The van der Waals surface area contributed by atoms with Crippen molar-refractivity contribution in [3.63, 3.8) is 0 Å². The quantitative estimate of drug-likeness (QED) is 0.925. The first-order valence-electron chi connectivity index (χ1n) is 7.41. The van der Waals surface area contributed by atoms with Gasteiger partial charge in [-0.3, -0.25) is 0 Å². The summed E-state index contributed by atoms with van der Waals surface area (Å²) in [6.07, 6.45) is 5.79. The number of nitrogens with one attached hydrogen (secondary N) is 1. The van der Waals surface area contributed by atoms with Gasteiger partial charge in [0.2, 0.25) is 5.95 Å². The fraction of sp³-hybridized carbons (Fsp3) is 0.533. The summed E-state index contributed by atoms with van der Waals surface area (Å²) in [7, 11) is 0. The molecule has 1 N–H and O–H groups in total. The van der Waals surface area contributed by atoms with E-state index in [1.54, 1.807) is 12.4 Å². The van der Waals surface area contributed by atoms with Gasteiger partial charge in [0.15, 0.2) is 0 Å². The van der Waals surface area contributed by atoms with Gasteiger partial charge < -0.3 is 14.7 Å². The maximum absolute atomic E-state index is 5.20. The zero-order valence-corrected chi connectivity index (χ0v) is 12.5. The van der Waals surface area contributed by atoms with Crippen LogP contribution >= 0.6 is 0 Å². The summed E-state index contributed by atoms with van der Waals surface area (Å²) in [4.78, 5) is 10.9. The number of aromatic nitrogens is 3. The average Bonchev–Trinajstić information content (AvgIpc) is 2.85. The van der Waals surface area contributed by atoms with Crippen molar-refractivity contribution in [1.82, 2.24) is 20.4 Å². The predicted molar refractivity (Wildman–Crippen MR) is 80.1 cm³/mol. The highest BCUT2D eigenvalue weighted by atomic mass is 16.5. The molecule has 1 aliphatic rings. The van der Waals surface area contributed by atoms with Gasteiger partial charge in [-0.15, -0.1) is 0 Å². The highest BCUT2D eigenvalue weighted by Crippen LogP contribution is 2.17. The first-order chi connectivity index (χ1) is 10.2. The van der Waals surface area contributed by atoms with E-state index in [-0.39, 0.29) is 0 Å². The second-order valence-electron chi connectivity index (χ2n) is 5.49. The van der Waals surface area contributed by atoms with Gasteiger partial charge in [-0.05, 0) is 32.8 Å². The summed E-state index contributed by atoms with van der Waals surface area (Å²) in [5.41, 5.74) is 2.17. The molecule has 0 saturated carbocycles. The molecule has 1 saturated heterocycles. The predicted octanol–water partition coefficient (Wildman–Crippen LogP) is 1.84. The number of hydrogen-bond acceptors (Lipinski definition) is 6. The molecular formula is C15H21N5O. The third-order valence-corrected chi connectivity index (χ3v) is 4.08. The van der Waals surface area contributed by atoms with Crippen molar-refractivity contribution in [2.24, 2.45) is 0 Å². The monoisotopic (exact) mass is 287 g/mol. The SMILES string of the molecule is Cc1noc(C)c1CNC1CCN(c2ncccn2)CC1. The average molecular weight is 287 g/mol. The van der Waals surface area contributed by atoms with E-state index in [0.717, 1.165) is 49.9 Å². The summed E-state index contributed by atoms with van der Waals surface area (Å²) in [5, 5.41) is 7.60. The van der Waals surface area contributed by atoms with Crippen LogP contribution < -0.4 is 10.2 Å². The molecule has 6 nitrogen and oxygen atoms in total. The largest absolute Gasteiger partial charge is 0.361 e. The van der Waals surface area contributed by atoms with Crippen LogP contribution in [0.25, 0.3) is 0 Å². The van der Waals surface area contributed by atoms with Crippen molar-refractivity contribution in [3.05, 3.63) is 35.5 Å². The number of aryl methyl sites for hydroxylation is 2. The van der Waals surface area contributed by atoms with Crippen LogP contribution in [0.5, 0.6) is 0 Å². The van der Waals surface area contributed by atoms with E-state index in [2.05, 4.69) is 25.3 Å². The first kappa shape index (κ1) is 14.0. The molecule has 1 fully saturated rings. The maximum atomic E-state index is 5.20. The normalized spacial score (nSPS) is 16.4. The minimum atomic E-state index is 0.527. The van der Waals surface area contributed by atoms with Crippen LogP contribution in [-0.2, 0) is 6.54 Å². The topological polar surface area (TPSA) is 67.1 Å². The Morgan fingerprint density at radius 1 is 1.24 bits per heavy atom. The summed E-state index contributed by atoms with van der Waals surface area (Å²) in [5.74, 6) is 1.75. The molecule has 0 radical (unpaired) electrons. The van der Waals surface area contributed by atoms with E-state index in [9.17, 15) is 0 Å². The molecule has 6 heteroatoms. The molecule has 0 bridgehead atoms. The van der Waals surface area contributed by atoms with E-state index in [4.69, 9.17) is 4.52 Å². The van der Waals surface area contributed by atoms with Gasteiger partial charge in [0.05, 0.1) is 5.69 Å². The van der Waals surface area contributed by atoms with E-state index in [1.165, 1.54) is 5.56 Å². The van der Waals surface area contributed by atoms with Gasteiger partial charge in [0.25, 0.3) is 0 Å². The fourth-order valence-electron chi connectivity index (χ4n) is 2.74. The number of nitrogens with zero attached hydrogens (tertiary/aromatic N) is 4. The van der Waals surface area contributed by atoms with Crippen molar-refractivity contribution in [3.8, 4) is 0 Å². The highest BCUT2D eigenvalue weighted by Gasteiger charge is 2.21. The second-order valence-corrected chi connectivity index (χ2v) is 5.49. The standard InChI is InChI=1S/C15H21N5O/c1-11-14(12(2)21-19-11)10-18-13-4-8-20(9-5-13)15-16-6-3-7-17-15/h3,6-7,13,18H,4-5,8-10H2,1-2H3. The van der Waals surface area contributed by atoms with Gasteiger partial charge in [0.1, 0.15) is 5.76 Å². The lowest BCUT2D eigenvalue weighted by atomic mass is 10.0. The maximum Gasteiger partial charge on any atom is 0.225 e. The summed E-state index contributed by atoms with van der Waals surface area (Å²) in [6, 6.07) is 2.38. The molecule has 0 atom stereocenters. The molecule has 0 unspecified atom stereocenters. The van der Waals surface area contributed by atoms with E-state index >= 15 is 0 Å². The Bertz CT molecular complexity index is 556. The molecule has 2 aromatic heterocycles. The van der Waals surface area contributed by atoms with Crippen LogP contribution in [0.15, 0.2) is 23.0 Å². The number of piperidine rings is 1. The van der Waals surface area contributed by atoms with Crippen LogP contribution in [0.3, 0.4) is 0 Å². The Kier molecular flexibility index (Phi) is 4.15. The van der Waals surface area contributed by atoms with Crippen molar-refractivity contribution in [1.29, 1.82) is 0 Å². The molecule has 21 heavy (non-hydrogen) atoms. The van der Waals surface area contributed by atoms with Crippen LogP contribution in [0.2, 0.25) is 0 Å².